The van der Waals surface area contributed by atoms with Crippen LogP contribution in [-0.2, 0) is 0 Å². The Morgan fingerprint density at radius 1 is 1.15 bits per heavy atom. The first-order chi connectivity index (χ1) is 9.52. The van der Waals surface area contributed by atoms with Crippen LogP contribution in [0.3, 0.4) is 0 Å². The molecule has 0 saturated carbocycles. The molecule has 2 aromatic carbocycles. The largest absolute Gasteiger partial charge is 0.387 e. The van der Waals surface area contributed by atoms with E-state index in [4.69, 9.17) is 0 Å². The Bertz CT molecular complexity index is 638. The van der Waals surface area contributed by atoms with Crippen molar-refractivity contribution in [1.82, 2.24) is 0 Å². The van der Waals surface area contributed by atoms with Crippen molar-refractivity contribution in [2.45, 2.75) is 0 Å². The van der Waals surface area contributed by atoms with Crippen molar-refractivity contribution >= 4 is 33.2 Å². The second-order valence-corrected chi connectivity index (χ2v) is 4.91. The molecule has 1 amide bonds. The summed E-state index contributed by atoms with van der Waals surface area (Å²) < 4.78 is 27.6. The minimum Gasteiger partial charge on any atom is -0.387 e. The molecule has 0 heterocycles. The highest BCUT2D eigenvalue weighted by Crippen LogP contribution is 2.25. The lowest BCUT2D eigenvalue weighted by Crippen LogP contribution is -2.16. The van der Waals surface area contributed by atoms with Gasteiger partial charge in [0, 0.05) is 17.2 Å². The van der Waals surface area contributed by atoms with Crippen molar-refractivity contribution in [2.75, 3.05) is 17.7 Å². The van der Waals surface area contributed by atoms with Crippen LogP contribution in [0, 0.1) is 11.6 Å². The molecule has 0 radical (unpaired) electrons. The summed E-state index contributed by atoms with van der Waals surface area (Å²) in [6, 6.07) is 8.86. The average Bonchev–Trinajstić information content (AvgIpc) is 2.42. The maximum Gasteiger partial charge on any atom is 0.257 e. The van der Waals surface area contributed by atoms with E-state index in [1.54, 1.807) is 31.3 Å². The zero-order valence-corrected chi connectivity index (χ0v) is 12.1. The molecule has 0 aromatic heterocycles. The summed E-state index contributed by atoms with van der Waals surface area (Å²) in [5, 5.41) is 5.09. The fraction of sp³-hybridized carbons (Fsp3) is 0.0714. The van der Waals surface area contributed by atoms with E-state index in [9.17, 15) is 13.6 Å². The quantitative estimate of drug-likeness (QED) is 0.885. The smallest absolute Gasteiger partial charge is 0.257 e. The number of nitrogens with one attached hydrogen (secondary N) is 2. The summed E-state index contributed by atoms with van der Waals surface area (Å²) in [5.74, 6) is -2.27. The van der Waals surface area contributed by atoms with Crippen molar-refractivity contribution in [2.24, 2.45) is 0 Å². The first-order valence-corrected chi connectivity index (χ1v) is 6.55. The third kappa shape index (κ3) is 2.96. The standard InChI is InChI=1S/C14H11BrF2N2O/c1-18-12-5-3-2-4-9(12)14(20)19-13-10(16)6-8(15)7-11(13)17/h2-7,18H,1H3,(H,19,20). The second kappa shape index (κ2) is 6.00. The van der Waals surface area contributed by atoms with Gasteiger partial charge >= 0.3 is 0 Å². The molecule has 3 nitrogen and oxygen atoms in total. The predicted octanol–water partition coefficient (Wildman–Crippen LogP) is 4.02. The molecule has 0 saturated heterocycles. The van der Waals surface area contributed by atoms with E-state index < -0.39 is 23.2 Å². The van der Waals surface area contributed by atoms with Crippen LogP contribution < -0.4 is 10.6 Å². The fourth-order valence-electron chi connectivity index (χ4n) is 1.74. The van der Waals surface area contributed by atoms with Gasteiger partial charge in [0.2, 0.25) is 0 Å². The molecule has 0 aliphatic carbocycles. The number of amides is 1. The summed E-state index contributed by atoms with van der Waals surface area (Å²) in [6.45, 7) is 0. The van der Waals surface area contributed by atoms with Crippen LogP contribution >= 0.6 is 15.9 Å². The predicted molar refractivity (Wildman–Crippen MR) is 78.0 cm³/mol. The van der Waals surface area contributed by atoms with Crippen molar-refractivity contribution in [3.05, 3.63) is 58.1 Å². The molecular weight excluding hydrogens is 330 g/mol. The lowest BCUT2D eigenvalue weighted by atomic mass is 10.1. The number of carbonyl (C=O) groups excluding carboxylic acids is 1. The summed E-state index contributed by atoms with van der Waals surface area (Å²) in [6.07, 6.45) is 0. The van der Waals surface area contributed by atoms with Gasteiger partial charge in [0.15, 0.2) is 11.6 Å². The van der Waals surface area contributed by atoms with Gasteiger partial charge in [-0.15, -0.1) is 0 Å². The minimum absolute atomic E-state index is 0.265. The van der Waals surface area contributed by atoms with Gasteiger partial charge in [-0.2, -0.15) is 0 Å². The number of benzene rings is 2. The highest BCUT2D eigenvalue weighted by Gasteiger charge is 2.16. The molecule has 20 heavy (non-hydrogen) atoms. The first-order valence-electron chi connectivity index (χ1n) is 5.75. The number of para-hydroxylation sites is 1. The Balaban J connectivity index is 2.33. The molecule has 0 aliphatic heterocycles. The van der Waals surface area contributed by atoms with E-state index in [1.807, 2.05) is 0 Å². The van der Waals surface area contributed by atoms with Crippen LogP contribution in [0.2, 0.25) is 0 Å². The summed E-state index contributed by atoms with van der Waals surface area (Å²) in [4.78, 5) is 12.1. The number of carbonyl (C=O) groups is 1. The fourth-order valence-corrected chi connectivity index (χ4v) is 2.14. The molecule has 0 atom stereocenters. The normalized spacial score (nSPS) is 10.2. The van der Waals surface area contributed by atoms with Crippen LogP contribution in [0.5, 0.6) is 0 Å². The van der Waals surface area contributed by atoms with E-state index in [0.29, 0.717) is 11.3 Å². The Labute approximate surface area is 123 Å². The molecule has 104 valence electrons. The summed E-state index contributed by atoms with van der Waals surface area (Å²) in [5.41, 5.74) is 0.406. The third-order valence-electron chi connectivity index (χ3n) is 2.69. The molecule has 2 N–H and O–H groups in total. The van der Waals surface area contributed by atoms with Gasteiger partial charge < -0.3 is 10.6 Å². The molecular formula is C14H11BrF2N2O. The topological polar surface area (TPSA) is 41.1 Å². The van der Waals surface area contributed by atoms with Gasteiger partial charge in [0.05, 0.1) is 5.56 Å². The number of halogens is 3. The van der Waals surface area contributed by atoms with Crippen LogP contribution in [0.25, 0.3) is 0 Å². The summed E-state index contributed by atoms with van der Waals surface area (Å²) >= 11 is 2.98. The van der Waals surface area contributed by atoms with E-state index in [-0.39, 0.29) is 4.47 Å². The summed E-state index contributed by atoms with van der Waals surface area (Å²) in [7, 11) is 1.66. The Hall–Kier alpha value is -1.95. The Morgan fingerprint density at radius 3 is 2.35 bits per heavy atom. The lowest BCUT2D eigenvalue weighted by Gasteiger charge is -2.11. The van der Waals surface area contributed by atoms with Crippen molar-refractivity contribution in [3.63, 3.8) is 0 Å². The first kappa shape index (κ1) is 14.5. The van der Waals surface area contributed by atoms with Gasteiger partial charge in [-0.1, -0.05) is 28.1 Å². The Morgan fingerprint density at radius 2 is 1.75 bits per heavy atom. The second-order valence-electron chi connectivity index (χ2n) is 3.99. The molecule has 6 heteroatoms. The molecule has 2 aromatic rings. The molecule has 2 rings (SSSR count). The van der Waals surface area contributed by atoms with Crippen LogP contribution in [0.15, 0.2) is 40.9 Å². The van der Waals surface area contributed by atoms with Gasteiger partial charge in [-0.3, -0.25) is 4.79 Å². The number of hydrogen-bond acceptors (Lipinski definition) is 2. The average molecular weight is 341 g/mol. The molecule has 0 aliphatic rings. The highest BCUT2D eigenvalue weighted by atomic mass is 79.9. The Kier molecular flexibility index (Phi) is 4.34. The zero-order chi connectivity index (χ0) is 14.7. The number of rotatable bonds is 3. The van der Waals surface area contributed by atoms with Crippen LogP contribution in [-0.4, -0.2) is 13.0 Å². The van der Waals surface area contributed by atoms with Gasteiger partial charge in [-0.05, 0) is 24.3 Å². The van der Waals surface area contributed by atoms with E-state index in [0.717, 1.165) is 12.1 Å². The number of anilines is 2. The van der Waals surface area contributed by atoms with Gasteiger partial charge in [-0.25, -0.2) is 8.78 Å². The molecule has 0 spiro atoms. The van der Waals surface area contributed by atoms with E-state index >= 15 is 0 Å². The minimum atomic E-state index is -0.841. The van der Waals surface area contributed by atoms with Crippen LogP contribution in [0.4, 0.5) is 20.2 Å². The zero-order valence-electron chi connectivity index (χ0n) is 10.5. The molecule has 0 bridgehead atoms. The highest BCUT2D eigenvalue weighted by molar-refractivity contribution is 9.10. The molecule has 0 unspecified atom stereocenters. The van der Waals surface area contributed by atoms with E-state index in [1.165, 1.54) is 0 Å². The molecule has 0 fully saturated rings. The lowest BCUT2D eigenvalue weighted by molar-refractivity contribution is 0.102. The maximum absolute atomic E-state index is 13.7. The maximum atomic E-state index is 13.7. The number of hydrogen-bond donors (Lipinski definition) is 2. The SMILES string of the molecule is CNc1ccccc1C(=O)Nc1c(F)cc(Br)cc1F. The van der Waals surface area contributed by atoms with Gasteiger partial charge in [0.1, 0.15) is 5.69 Å². The van der Waals surface area contributed by atoms with Crippen molar-refractivity contribution < 1.29 is 13.6 Å². The van der Waals surface area contributed by atoms with Crippen molar-refractivity contribution in [3.8, 4) is 0 Å². The van der Waals surface area contributed by atoms with Crippen LogP contribution in [0.1, 0.15) is 10.4 Å². The van der Waals surface area contributed by atoms with E-state index in [2.05, 4.69) is 26.6 Å². The monoisotopic (exact) mass is 340 g/mol. The third-order valence-corrected chi connectivity index (χ3v) is 3.14. The van der Waals surface area contributed by atoms with Crippen molar-refractivity contribution in [1.29, 1.82) is 0 Å². The van der Waals surface area contributed by atoms with Gasteiger partial charge in [0.25, 0.3) is 5.91 Å².